The average Bonchev–Trinajstić information content (AvgIpc) is 2.41. The molecule has 0 aliphatic carbocycles. The molecule has 7 heteroatoms. The van der Waals surface area contributed by atoms with E-state index in [9.17, 15) is 13.2 Å². The summed E-state index contributed by atoms with van der Waals surface area (Å²) in [7, 11) is -1.90. The van der Waals surface area contributed by atoms with Gasteiger partial charge in [-0.1, -0.05) is 28.1 Å². The van der Waals surface area contributed by atoms with Crippen LogP contribution in [-0.4, -0.2) is 50.2 Å². The van der Waals surface area contributed by atoms with E-state index < -0.39 is 10.0 Å². The van der Waals surface area contributed by atoms with Crippen molar-refractivity contribution in [3.8, 4) is 0 Å². The molecular weight excluding hydrogens is 332 g/mol. The van der Waals surface area contributed by atoms with Crippen LogP contribution >= 0.6 is 15.9 Å². The van der Waals surface area contributed by atoms with Gasteiger partial charge < -0.3 is 4.90 Å². The number of rotatable bonds is 3. The van der Waals surface area contributed by atoms with Gasteiger partial charge in [0, 0.05) is 25.5 Å². The monoisotopic (exact) mass is 346 g/mol. The van der Waals surface area contributed by atoms with Crippen molar-refractivity contribution in [2.24, 2.45) is 0 Å². The molecule has 1 aliphatic heterocycles. The van der Waals surface area contributed by atoms with Crippen LogP contribution in [0.15, 0.2) is 29.2 Å². The predicted octanol–water partition coefficient (Wildman–Crippen LogP) is 1.04. The summed E-state index contributed by atoms with van der Waals surface area (Å²) in [6.07, 6.45) is 0. The van der Waals surface area contributed by atoms with Crippen LogP contribution in [0.2, 0.25) is 0 Å². The number of sulfonamides is 1. The highest BCUT2D eigenvalue weighted by atomic mass is 79.9. The fraction of sp³-hybridized carbons (Fsp3) is 0.417. The number of piperazine rings is 1. The second kappa shape index (κ2) is 5.60. The van der Waals surface area contributed by atoms with Crippen molar-refractivity contribution >= 4 is 31.9 Å². The molecule has 104 valence electrons. The molecule has 0 N–H and O–H groups in total. The second-order valence-corrected chi connectivity index (χ2v) is 6.93. The van der Waals surface area contributed by atoms with Crippen LogP contribution in [0.1, 0.15) is 5.56 Å². The third-order valence-corrected chi connectivity index (χ3v) is 5.64. The largest absolute Gasteiger partial charge is 0.343 e. The molecule has 1 amide bonds. The Morgan fingerprint density at radius 2 is 1.84 bits per heavy atom. The van der Waals surface area contributed by atoms with Gasteiger partial charge in [-0.05, 0) is 17.7 Å². The quantitative estimate of drug-likeness (QED) is 0.768. The van der Waals surface area contributed by atoms with E-state index in [2.05, 4.69) is 15.9 Å². The van der Waals surface area contributed by atoms with E-state index in [1.54, 1.807) is 36.2 Å². The molecule has 1 heterocycles. The van der Waals surface area contributed by atoms with Crippen LogP contribution in [0.3, 0.4) is 0 Å². The van der Waals surface area contributed by atoms with Gasteiger partial charge in [0.05, 0.1) is 11.4 Å². The molecule has 19 heavy (non-hydrogen) atoms. The van der Waals surface area contributed by atoms with Crippen molar-refractivity contribution in [3.63, 3.8) is 0 Å². The SMILES string of the molecule is CN1CCN(S(=O)(=O)c2ccc(CBr)cc2)CC1=O. The number of benzene rings is 1. The van der Waals surface area contributed by atoms with Crippen molar-refractivity contribution in [1.29, 1.82) is 0 Å². The van der Waals surface area contributed by atoms with Gasteiger partial charge in [-0.15, -0.1) is 0 Å². The Balaban J connectivity index is 2.24. The van der Waals surface area contributed by atoms with Gasteiger partial charge in [-0.3, -0.25) is 4.79 Å². The van der Waals surface area contributed by atoms with E-state index in [0.29, 0.717) is 18.4 Å². The average molecular weight is 347 g/mol. The molecule has 1 saturated heterocycles. The first kappa shape index (κ1) is 14.5. The molecule has 0 bridgehead atoms. The molecule has 2 rings (SSSR count). The minimum atomic E-state index is -3.57. The molecule has 1 aliphatic rings. The zero-order valence-corrected chi connectivity index (χ0v) is 12.9. The summed E-state index contributed by atoms with van der Waals surface area (Å²) in [6, 6.07) is 6.68. The van der Waals surface area contributed by atoms with Crippen molar-refractivity contribution < 1.29 is 13.2 Å². The van der Waals surface area contributed by atoms with Crippen LogP contribution in [0.4, 0.5) is 0 Å². The number of carbonyl (C=O) groups is 1. The lowest BCUT2D eigenvalue weighted by Gasteiger charge is -2.31. The predicted molar refractivity (Wildman–Crippen MR) is 75.5 cm³/mol. The molecular formula is C12H15BrN2O3S. The molecule has 0 radical (unpaired) electrons. The highest BCUT2D eigenvalue weighted by Crippen LogP contribution is 2.19. The van der Waals surface area contributed by atoms with Crippen molar-refractivity contribution in [1.82, 2.24) is 9.21 Å². The normalized spacial score (nSPS) is 17.8. The Labute approximate surface area is 121 Å². The van der Waals surface area contributed by atoms with E-state index >= 15 is 0 Å². The summed E-state index contributed by atoms with van der Waals surface area (Å²) in [4.78, 5) is 13.4. The topological polar surface area (TPSA) is 57.7 Å². The molecule has 0 atom stereocenters. The summed E-state index contributed by atoms with van der Waals surface area (Å²) in [5.41, 5.74) is 1.01. The number of nitrogens with zero attached hydrogens (tertiary/aromatic N) is 2. The highest BCUT2D eigenvalue weighted by Gasteiger charge is 2.31. The Bertz CT molecular complexity index is 571. The molecule has 1 aromatic carbocycles. The smallest absolute Gasteiger partial charge is 0.243 e. The van der Waals surface area contributed by atoms with Crippen LogP contribution in [0.25, 0.3) is 0 Å². The van der Waals surface area contributed by atoms with E-state index in [-0.39, 0.29) is 17.3 Å². The first-order valence-corrected chi connectivity index (χ1v) is 8.40. The molecule has 0 spiro atoms. The number of alkyl halides is 1. The maximum Gasteiger partial charge on any atom is 0.243 e. The highest BCUT2D eigenvalue weighted by molar-refractivity contribution is 9.08. The fourth-order valence-corrected chi connectivity index (χ4v) is 3.60. The van der Waals surface area contributed by atoms with E-state index in [1.165, 1.54) is 4.31 Å². The third kappa shape index (κ3) is 2.98. The number of halogens is 1. The van der Waals surface area contributed by atoms with E-state index in [1.807, 2.05) is 0 Å². The Morgan fingerprint density at radius 1 is 1.21 bits per heavy atom. The second-order valence-electron chi connectivity index (χ2n) is 4.43. The standard InChI is InChI=1S/C12H15BrN2O3S/c1-14-6-7-15(9-12(14)16)19(17,18)11-4-2-10(8-13)3-5-11/h2-5H,6-9H2,1H3. The Morgan fingerprint density at radius 3 is 2.37 bits per heavy atom. The minimum Gasteiger partial charge on any atom is -0.343 e. The summed E-state index contributed by atoms with van der Waals surface area (Å²) in [5, 5.41) is 0.681. The number of carbonyl (C=O) groups excluding carboxylic acids is 1. The third-order valence-electron chi connectivity index (χ3n) is 3.14. The summed E-state index contributed by atoms with van der Waals surface area (Å²) in [6.45, 7) is 0.682. The van der Waals surface area contributed by atoms with Crippen LogP contribution in [0.5, 0.6) is 0 Å². The van der Waals surface area contributed by atoms with Gasteiger partial charge in [-0.25, -0.2) is 8.42 Å². The molecule has 0 aromatic heterocycles. The number of hydrogen-bond donors (Lipinski definition) is 0. The summed E-state index contributed by atoms with van der Waals surface area (Å²) >= 11 is 3.31. The van der Waals surface area contributed by atoms with E-state index in [0.717, 1.165) is 5.56 Å². The lowest BCUT2D eigenvalue weighted by molar-refractivity contribution is -0.132. The van der Waals surface area contributed by atoms with Crippen LogP contribution in [0, 0.1) is 0 Å². The number of likely N-dealkylation sites (N-methyl/N-ethyl adjacent to an activating group) is 1. The lowest BCUT2D eigenvalue weighted by Crippen LogP contribution is -2.50. The van der Waals surface area contributed by atoms with Crippen molar-refractivity contribution in [3.05, 3.63) is 29.8 Å². The summed E-state index contributed by atoms with van der Waals surface area (Å²) in [5.74, 6) is -0.174. The number of amides is 1. The van der Waals surface area contributed by atoms with Gasteiger partial charge in [0.2, 0.25) is 15.9 Å². The fourth-order valence-electron chi connectivity index (χ4n) is 1.84. The summed E-state index contributed by atoms with van der Waals surface area (Å²) < 4.78 is 26.0. The van der Waals surface area contributed by atoms with Crippen LogP contribution in [-0.2, 0) is 20.1 Å². The maximum atomic E-state index is 12.4. The van der Waals surface area contributed by atoms with Gasteiger partial charge in [0.1, 0.15) is 0 Å². The number of hydrogen-bond acceptors (Lipinski definition) is 3. The van der Waals surface area contributed by atoms with Crippen molar-refractivity contribution in [2.75, 3.05) is 26.7 Å². The maximum absolute atomic E-state index is 12.4. The Hall–Kier alpha value is -0.920. The van der Waals surface area contributed by atoms with Gasteiger partial charge in [0.15, 0.2) is 0 Å². The minimum absolute atomic E-state index is 0.0843. The van der Waals surface area contributed by atoms with Crippen LogP contribution < -0.4 is 0 Å². The molecule has 0 saturated carbocycles. The lowest BCUT2D eigenvalue weighted by atomic mass is 10.2. The van der Waals surface area contributed by atoms with Gasteiger partial charge in [-0.2, -0.15) is 4.31 Å². The van der Waals surface area contributed by atoms with E-state index in [4.69, 9.17) is 0 Å². The molecule has 1 fully saturated rings. The molecule has 0 unspecified atom stereocenters. The zero-order chi connectivity index (χ0) is 14.0. The first-order chi connectivity index (χ1) is 8.95. The van der Waals surface area contributed by atoms with Gasteiger partial charge in [0.25, 0.3) is 0 Å². The van der Waals surface area contributed by atoms with Crippen molar-refractivity contribution in [2.45, 2.75) is 10.2 Å². The first-order valence-electron chi connectivity index (χ1n) is 5.84. The van der Waals surface area contributed by atoms with Gasteiger partial charge >= 0.3 is 0 Å². The zero-order valence-electron chi connectivity index (χ0n) is 10.5. The Kier molecular flexibility index (Phi) is 4.27. The molecule has 1 aromatic rings. The molecule has 5 nitrogen and oxygen atoms in total.